The van der Waals surface area contributed by atoms with Crippen molar-refractivity contribution < 1.29 is 19.9 Å². The van der Waals surface area contributed by atoms with Crippen LogP contribution in [0.3, 0.4) is 0 Å². The number of nitro groups is 1. The normalized spacial score (nSPS) is 12.9. The van der Waals surface area contributed by atoms with E-state index in [0.717, 1.165) is 5.39 Å². The quantitative estimate of drug-likeness (QED) is 0.264. The van der Waals surface area contributed by atoms with Crippen molar-refractivity contribution in [3.63, 3.8) is 0 Å². The maximum absolute atomic E-state index is 11.3. The molecule has 1 atom stereocenters. The van der Waals surface area contributed by atoms with Crippen molar-refractivity contribution in [2.24, 2.45) is 0 Å². The second-order valence-corrected chi connectivity index (χ2v) is 7.14. The van der Waals surface area contributed by atoms with Crippen molar-refractivity contribution in [1.29, 1.82) is 0 Å². The molecule has 31 heavy (non-hydrogen) atoms. The van der Waals surface area contributed by atoms with E-state index in [4.69, 9.17) is 0 Å². The molecule has 0 fully saturated rings. The SMILES string of the molecule is C[N+](c1ccc(C(=O)O)cc1)(c1ccc([N+](=O)[O-])cc1)c1ccc2cccnc2c1O. The molecule has 3 aromatic carbocycles. The Morgan fingerprint density at radius 2 is 1.58 bits per heavy atom. The number of carbonyl (C=O) groups is 1. The number of carboxylic acid groups (broad SMARTS) is 1. The van der Waals surface area contributed by atoms with Crippen LogP contribution in [0, 0.1) is 10.1 Å². The molecule has 0 aliphatic rings. The predicted octanol–water partition coefficient (Wildman–Crippen LogP) is 5.15. The Morgan fingerprint density at radius 1 is 0.968 bits per heavy atom. The standard InChI is InChI=1S/C23H17N3O5/c1-26(18-9-4-16(5-10-18)23(28)29,19-11-7-17(8-12-19)25(30)31)20-13-6-15-3-2-14-24-21(15)22(20)27/h2-14H,1H3,(H-,27,28,29)/p+1. The highest BCUT2D eigenvalue weighted by Crippen LogP contribution is 2.48. The van der Waals surface area contributed by atoms with Gasteiger partial charge in [-0.3, -0.25) is 15.1 Å². The van der Waals surface area contributed by atoms with Crippen LogP contribution in [-0.2, 0) is 0 Å². The summed E-state index contributed by atoms with van der Waals surface area (Å²) < 4.78 is -0.0593. The second-order valence-electron chi connectivity index (χ2n) is 7.14. The maximum atomic E-state index is 11.3. The topological polar surface area (TPSA) is 114 Å². The largest absolute Gasteiger partial charge is 0.501 e. The molecule has 2 N–H and O–H groups in total. The highest BCUT2D eigenvalue weighted by Gasteiger charge is 2.35. The van der Waals surface area contributed by atoms with Gasteiger partial charge >= 0.3 is 5.97 Å². The molecule has 4 rings (SSSR count). The number of non-ortho nitro benzene ring substituents is 1. The van der Waals surface area contributed by atoms with Crippen LogP contribution >= 0.6 is 0 Å². The number of aromatic carboxylic acids is 1. The van der Waals surface area contributed by atoms with Gasteiger partial charge in [0, 0.05) is 54.0 Å². The van der Waals surface area contributed by atoms with Gasteiger partial charge in [-0.05, 0) is 24.3 Å². The zero-order valence-corrected chi connectivity index (χ0v) is 16.5. The van der Waals surface area contributed by atoms with Crippen LogP contribution in [0.1, 0.15) is 10.4 Å². The maximum Gasteiger partial charge on any atom is 0.335 e. The van der Waals surface area contributed by atoms with E-state index in [0.29, 0.717) is 22.6 Å². The van der Waals surface area contributed by atoms with E-state index in [1.807, 2.05) is 19.2 Å². The highest BCUT2D eigenvalue weighted by molar-refractivity contribution is 5.92. The third-order valence-corrected chi connectivity index (χ3v) is 5.42. The van der Waals surface area contributed by atoms with Crippen LogP contribution in [0.15, 0.2) is 79.0 Å². The van der Waals surface area contributed by atoms with Crippen LogP contribution < -0.4 is 4.48 Å². The van der Waals surface area contributed by atoms with Crippen LogP contribution in [0.25, 0.3) is 10.9 Å². The average molecular weight is 416 g/mol. The molecule has 154 valence electrons. The number of benzene rings is 3. The summed E-state index contributed by atoms with van der Waals surface area (Å²) in [6.07, 6.45) is 1.59. The molecule has 0 bridgehead atoms. The Morgan fingerprint density at radius 3 is 2.16 bits per heavy atom. The summed E-state index contributed by atoms with van der Waals surface area (Å²) in [5.74, 6) is -1.07. The van der Waals surface area contributed by atoms with Crippen LogP contribution in [0.2, 0.25) is 0 Å². The van der Waals surface area contributed by atoms with Gasteiger partial charge in [-0.1, -0.05) is 6.07 Å². The first kappa shape index (κ1) is 20.0. The summed E-state index contributed by atoms with van der Waals surface area (Å²) in [7, 11) is 1.82. The van der Waals surface area contributed by atoms with E-state index >= 15 is 0 Å². The number of nitro benzene ring substituents is 1. The molecule has 0 radical (unpaired) electrons. The van der Waals surface area contributed by atoms with Gasteiger partial charge in [-0.25, -0.2) is 9.28 Å². The lowest BCUT2D eigenvalue weighted by Gasteiger charge is -2.33. The molecule has 8 nitrogen and oxygen atoms in total. The first-order valence-corrected chi connectivity index (χ1v) is 9.35. The molecule has 0 aliphatic carbocycles. The highest BCUT2D eigenvalue weighted by atomic mass is 16.6. The molecule has 1 heterocycles. The molecule has 0 saturated heterocycles. The number of hydrogen-bond acceptors (Lipinski definition) is 5. The van der Waals surface area contributed by atoms with Gasteiger partial charge < -0.3 is 10.2 Å². The summed E-state index contributed by atoms with van der Waals surface area (Å²) in [5.41, 5.74) is 2.28. The fourth-order valence-corrected chi connectivity index (χ4v) is 3.68. The number of phenolic OH excluding ortho intramolecular Hbond substituents is 1. The first-order valence-electron chi connectivity index (χ1n) is 9.35. The summed E-state index contributed by atoms with van der Waals surface area (Å²) in [5, 5.41) is 32.2. The molecule has 4 aromatic rings. The zero-order valence-electron chi connectivity index (χ0n) is 16.5. The number of nitrogens with zero attached hydrogens (tertiary/aromatic N) is 3. The van der Waals surface area contributed by atoms with Crippen molar-refractivity contribution in [3.8, 4) is 5.75 Å². The number of aromatic nitrogens is 1. The number of phenols is 1. The first-order chi connectivity index (χ1) is 14.8. The number of hydrogen-bond donors (Lipinski definition) is 2. The Hall–Kier alpha value is -4.30. The fraction of sp³-hybridized carbons (Fsp3) is 0.0435. The fourth-order valence-electron chi connectivity index (χ4n) is 3.68. The van der Waals surface area contributed by atoms with E-state index in [1.54, 1.807) is 42.6 Å². The van der Waals surface area contributed by atoms with Crippen molar-refractivity contribution in [2.75, 3.05) is 7.05 Å². The summed E-state index contributed by atoms with van der Waals surface area (Å²) in [6, 6.07) is 19.5. The molecule has 0 aliphatic heterocycles. The zero-order chi connectivity index (χ0) is 22.2. The minimum absolute atomic E-state index is 0.0266. The number of aromatic hydroxyl groups is 1. The Bertz CT molecular complexity index is 1240. The minimum atomic E-state index is -1.05. The van der Waals surface area contributed by atoms with Gasteiger partial charge in [-0.15, -0.1) is 0 Å². The van der Waals surface area contributed by atoms with Gasteiger partial charge in [-0.2, -0.15) is 0 Å². The predicted molar refractivity (Wildman–Crippen MR) is 117 cm³/mol. The van der Waals surface area contributed by atoms with E-state index in [-0.39, 0.29) is 21.5 Å². The van der Waals surface area contributed by atoms with Gasteiger partial charge in [0.2, 0.25) is 5.75 Å². The smallest absolute Gasteiger partial charge is 0.335 e. The second kappa shape index (κ2) is 7.51. The lowest BCUT2D eigenvalue weighted by molar-refractivity contribution is -0.384. The summed E-state index contributed by atoms with van der Waals surface area (Å²) >= 11 is 0. The van der Waals surface area contributed by atoms with Crippen LogP contribution in [-0.4, -0.2) is 33.1 Å². The van der Waals surface area contributed by atoms with Crippen molar-refractivity contribution in [1.82, 2.24) is 9.47 Å². The van der Waals surface area contributed by atoms with E-state index < -0.39 is 10.9 Å². The van der Waals surface area contributed by atoms with Gasteiger partial charge in [0.1, 0.15) is 16.9 Å². The monoisotopic (exact) mass is 416 g/mol. The van der Waals surface area contributed by atoms with Gasteiger partial charge in [0.05, 0.1) is 17.5 Å². The number of fused-ring (bicyclic) bond motifs is 1. The molecule has 1 aromatic heterocycles. The number of carboxylic acids is 1. The minimum Gasteiger partial charge on any atom is -0.501 e. The van der Waals surface area contributed by atoms with Crippen molar-refractivity contribution in [2.45, 2.75) is 0 Å². The van der Waals surface area contributed by atoms with E-state index in [9.17, 15) is 25.1 Å². The van der Waals surface area contributed by atoms with Crippen molar-refractivity contribution >= 4 is 39.6 Å². The lowest BCUT2D eigenvalue weighted by atomic mass is 10.1. The van der Waals surface area contributed by atoms with E-state index in [1.165, 1.54) is 24.3 Å². The molecule has 0 amide bonds. The Kier molecular flexibility index (Phi) is 4.84. The number of pyridine rings is 1. The van der Waals surface area contributed by atoms with Crippen LogP contribution in [0.4, 0.5) is 22.7 Å². The van der Waals surface area contributed by atoms with Gasteiger partial charge in [0.25, 0.3) is 5.69 Å². The van der Waals surface area contributed by atoms with Crippen molar-refractivity contribution in [3.05, 3.63) is 94.7 Å². The van der Waals surface area contributed by atoms with E-state index in [2.05, 4.69) is 4.98 Å². The number of quaternary nitrogens is 1. The third-order valence-electron chi connectivity index (χ3n) is 5.42. The average Bonchev–Trinajstić information content (AvgIpc) is 2.79. The molecule has 0 spiro atoms. The third kappa shape index (κ3) is 3.34. The Labute approximate surface area is 177 Å². The van der Waals surface area contributed by atoms with Crippen LogP contribution in [0.5, 0.6) is 5.75 Å². The molecular formula is C23H18N3O5+. The lowest BCUT2D eigenvalue weighted by Crippen LogP contribution is -2.33. The number of rotatable bonds is 5. The molecular weight excluding hydrogens is 398 g/mol. The molecule has 8 heteroatoms. The molecule has 1 unspecified atom stereocenters. The summed E-state index contributed by atoms with van der Waals surface area (Å²) in [6.45, 7) is 0. The molecule has 0 saturated carbocycles. The Balaban J connectivity index is 1.98. The van der Waals surface area contributed by atoms with Gasteiger partial charge in [0.15, 0.2) is 5.69 Å². The summed E-state index contributed by atoms with van der Waals surface area (Å²) in [4.78, 5) is 26.2.